The minimum atomic E-state index is 0.0105. The maximum absolute atomic E-state index is 6.07. The third kappa shape index (κ3) is 2.23. The lowest BCUT2D eigenvalue weighted by molar-refractivity contribution is 0.567. The third-order valence-corrected chi connectivity index (χ3v) is 3.92. The molecule has 0 unspecified atom stereocenters. The van der Waals surface area contributed by atoms with Crippen molar-refractivity contribution in [1.29, 1.82) is 0 Å². The lowest BCUT2D eigenvalue weighted by Crippen LogP contribution is -2.14. The highest BCUT2D eigenvalue weighted by molar-refractivity contribution is 9.10. The van der Waals surface area contributed by atoms with Crippen LogP contribution in [0.15, 0.2) is 16.7 Å². The Balaban J connectivity index is 2.80. The van der Waals surface area contributed by atoms with Gasteiger partial charge in [-0.2, -0.15) is 0 Å². The molecule has 0 aliphatic carbocycles. The Kier molecular flexibility index (Phi) is 3.25. The lowest BCUT2D eigenvalue weighted by Gasteiger charge is -2.16. The molecule has 0 radical (unpaired) electrons. The van der Waals surface area contributed by atoms with Gasteiger partial charge in [-0.05, 0) is 34.5 Å². The van der Waals surface area contributed by atoms with E-state index in [1.807, 2.05) is 6.20 Å². The molecule has 0 spiro atoms. The molecule has 0 saturated heterocycles. The van der Waals surface area contributed by atoms with Crippen LogP contribution in [0.2, 0.25) is 0 Å². The fourth-order valence-electron chi connectivity index (χ4n) is 1.94. The normalized spacial score (nSPS) is 12.4. The first-order chi connectivity index (χ1) is 7.84. The minimum Gasteiger partial charge on any atom is -0.301 e. The maximum Gasteiger partial charge on any atom is 0.137 e. The Morgan fingerprint density at radius 2 is 2.06 bits per heavy atom. The van der Waals surface area contributed by atoms with E-state index in [0.717, 1.165) is 21.5 Å². The molecule has 2 rings (SSSR count). The SMILES string of the molecule is Cc1cc2nc(C(C)(C)C)c(CCl)n2cc1Br. The molecule has 0 bridgehead atoms. The molecule has 92 valence electrons. The van der Waals surface area contributed by atoms with Gasteiger partial charge in [0.15, 0.2) is 0 Å². The van der Waals surface area contributed by atoms with Gasteiger partial charge in [-0.15, -0.1) is 11.6 Å². The summed E-state index contributed by atoms with van der Waals surface area (Å²) < 4.78 is 3.15. The smallest absolute Gasteiger partial charge is 0.137 e. The number of pyridine rings is 1. The Bertz CT molecular complexity index is 567. The molecule has 0 amide bonds. The highest BCUT2D eigenvalue weighted by Crippen LogP contribution is 2.29. The molecule has 0 aromatic carbocycles. The lowest BCUT2D eigenvalue weighted by atomic mass is 9.91. The van der Waals surface area contributed by atoms with Gasteiger partial charge in [0.2, 0.25) is 0 Å². The number of aromatic nitrogens is 2. The van der Waals surface area contributed by atoms with Crippen molar-refractivity contribution in [3.8, 4) is 0 Å². The van der Waals surface area contributed by atoms with Gasteiger partial charge < -0.3 is 4.40 Å². The average molecular weight is 316 g/mol. The molecule has 0 saturated carbocycles. The van der Waals surface area contributed by atoms with Gasteiger partial charge in [0, 0.05) is 16.1 Å². The first-order valence-corrected chi connectivity index (χ1v) is 6.91. The molecular formula is C13H16BrClN2. The second-order valence-electron chi connectivity index (χ2n) is 5.32. The van der Waals surface area contributed by atoms with Crippen molar-refractivity contribution in [2.24, 2.45) is 0 Å². The molecule has 0 N–H and O–H groups in total. The van der Waals surface area contributed by atoms with E-state index < -0.39 is 0 Å². The third-order valence-electron chi connectivity index (χ3n) is 2.84. The van der Waals surface area contributed by atoms with Crippen LogP contribution in [0.3, 0.4) is 0 Å². The van der Waals surface area contributed by atoms with E-state index >= 15 is 0 Å². The Morgan fingerprint density at radius 3 is 2.59 bits per heavy atom. The van der Waals surface area contributed by atoms with Crippen molar-refractivity contribution >= 4 is 33.2 Å². The predicted octanol–water partition coefficient (Wildman–Crippen LogP) is 4.44. The Hall–Kier alpha value is -0.540. The summed E-state index contributed by atoms with van der Waals surface area (Å²) in [4.78, 5) is 4.71. The molecule has 2 aromatic rings. The van der Waals surface area contributed by atoms with E-state index in [1.54, 1.807) is 0 Å². The van der Waals surface area contributed by atoms with Gasteiger partial charge >= 0.3 is 0 Å². The topological polar surface area (TPSA) is 17.3 Å². The Labute approximate surface area is 115 Å². The summed E-state index contributed by atoms with van der Waals surface area (Å²) in [6.07, 6.45) is 2.05. The zero-order chi connectivity index (χ0) is 12.8. The molecule has 2 heterocycles. The van der Waals surface area contributed by atoms with Crippen LogP contribution >= 0.6 is 27.5 Å². The van der Waals surface area contributed by atoms with Crippen molar-refractivity contribution in [3.63, 3.8) is 0 Å². The molecule has 0 aliphatic heterocycles. The number of fused-ring (bicyclic) bond motifs is 1. The number of imidazole rings is 1. The fourth-order valence-corrected chi connectivity index (χ4v) is 2.51. The van der Waals surface area contributed by atoms with Gasteiger partial charge in [0.05, 0.1) is 17.3 Å². The molecule has 4 heteroatoms. The van der Waals surface area contributed by atoms with Crippen LogP contribution in [0.5, 0.6) is 0 Å². The van der Waals surface area contributed by atoms with Crippen LogP contribution in [-0.4, -0.2) is 9.38 Å². The number of alkyl halides is 1. The van der Waals surface area contributed by atoms with E-state index in [-0.39, 0.29) is 5.41 Å². The van der Waals surface area contributed by atoms with Gasteiger partial charge in [0.1, 0.15) is 5.65 Å². The molecule has 0 aliphatic rings. The van der Waals surface area contributed by atoms with Gasteiger partial charge in [0.25, 0.3) is 0 Å². The zero-order valence-electron chi connectivity index (χ0n) is 10.5. The summed E-state index contributed by atoms with van der Waals surface area (Å²) >= 11 is 9.62. The Morgan fingerprint density at radius 1 is 1.41 bits per heavy atom. The number of hydrogen-bond acceptors (Lipinski definition) is 1. The van der Waals surface area contributed by atoms with E-state index in [0.29, 0.717) is 5.88 Å². The maximum atomic E-state index is 6.07. The summed E-state index contributed by atoms with van der Waals surface area (Å²) in [5.41, 5.74) is 4.31. The molecule has 0 fully saturated rings. The van der Waals surface area contributed by atoms with Crippen LogP contribution in [-0.2, 0) is 11.3 Å². The number of aryl methyl sites for hydroxylation is 1. The number of halogens is 2. The molecule has 0 atom stereocenters. The molecule has 17 heavy (non-hydrogen) atoms. The summed E-state index contributed by atoms with van der Waals surface area (Å²) in [7, 11) is 0. The summed E-state index contributed by atoms with van der Waals surface area (Å²) in [5, 5.41) is 0. The standard InChI is InChI=1S/C13H16BrClN2/c1-8-5-11-16-12(13(2,3)4)10(6-15)17(11)7-9(8)14/h5,7H,6H2,1-4H3. The van der Waals surface area contributed by atoms with Gasteiger partial charge in [-0.3, -0.25) is 0 Å². The van der Waals surface area contributed by atoms with E-state index in [4.69, 9.17) is 16.6 Å². The monoisotopic (exact) mass is 314 g/mol. The number of nitrogens with zero attached hydrogens (tertiary/aromatic N) is 2. The largest absolute Gasteiger partial charge is 0.301 e. The second kappa shape index (κ2) is 4.29. The van der Waals surface area contributed by atoms with Crippen LogP contribution in [0.1, 0.15) is 37.7 Å². The van der Waals surface area contributed by atoms with Gasteiger partial charge in [-0.25, -0.2) is 4.98 Å². The summed E-state index contributed by atoms with van der Waals surface area (Å²) in [6.45, 7) is 8.54. The summed E-state index contributed by atoms with van der Waals surface area (Å²) in [5.74, 6) is 0.475. The summed E-state index contributed by atoms with van der Waals surface area (Å²) in [6, 6.07) is 2.08. The van der Waals surface area contributed by atoms with Crippen LogP contribution < -0.4 is 0 Å². The average Bonchev–Trinajstić information content (AvgIpc) is 2.56. The number of hydrogen-bond donors (Lipinski definition) is 0. The van der Waals surface area contributed by atoms with Crippen molar-refractivity contribution < 1.29 is 0 Å². The molecule has 2 nitrogen and oxygen atoms in total. The highest BCUT2D eigenvalue weighted by Gasteiger charge is 2.23. The van der Waals surface area contributed by atoms with Crippen LogP contribution in [0, 0.1) is 6.92 Å². The highest BCUT2D eigenvalue weighted by atomic mass is 79.9. The van der Waals surface area contributed by atoms with E-state index in [9.17, 15) is 0 Å². The predicted molar refractivity (Wildman–Crippen MR) is 75.9 cm³/mol. The van der Waals surface area contributed by atoms with Crippen molar-refractivity contribution in [3.05, 3.63) is 33.7 Å². The van der Waals surface area contributed by atoms with Crippen molar-refractivity contribution in [1.82, 2.24) is 9.38 Å². The molecular weight excluding hydrogens is 300 g/mol. The second-order valence-corrected chi connectivity index (χ2v) is 6.44. The minimum absolute atomic E-state index is 0.0105. The molecule has 2 aromatic heterocycles. The van der Waals surface area contributed by atoms with Crippen LogP contribution in [0.4, 0.5) is 0 Å². The first kappa shape index (κ1) is 12.9. The quantitative estimate of drug-likeness (QED) is 0.711. The van der Waals surface area contributed by atoms with Crippen molar-refractivity contribution in [2.45, 2.75) is 39.0 Å². The van der Waals surface area contributed by atoms with Crippen LogP contribution in [0.25, 0.3) is 5.65 Å². The van der Waals surface area contributed by atoms with E-state index in [1.165, 1.54) is 5.56 Å². The zero-order valence-corrected chi connectivity index (χ0v) is 12.9. The fraction of sp³-hybridized carbons (Fsp3) is 0.462. The first-order valence-electron chi connectivity index (χ1n) is 5.58. The van der Waals surface area contributed by atoms with E-state index in [2.05, 4.69) is 54.1 Å². The number of rotatable bonds is 1. The van der Waals surface area contributed by atoms with Gasteiger partial charge in [-0.1, -0.05) is 20.8 Å². The van der Waals surface area contributed by atoms with Crippen molar-refractivity contribution in [2.75, 3.05) is 0 Å².